The summed E-state index contributed by atoms with van der Waals surface area (Å²) in [5.74, 6) is 0.563. The van der Waals surface area contributed by atoms with Gasteiger partial charge in [-0.2, -0.15) is 0 Å². The van der Waals surface area contributed by atoms with Gasteiger partial charge in [0.15, 0.2) is 0 Å². The Balaban J connectivity index is 1.50. The van der Waals surface area contributed by atoms with Gasteiger partial charge in [-0.05, 0) is 42.4 Å². The molecule has 3 aromatic rings. The van der Waals surface area contributed by atoms with Crippen LogP contribution < -0.4 is 10.9 Å². The number of benzene rings is 2. The van der Waals surface area contributed by atoms with E-state index in [0.717, 1.165) is 18.5 Å². The Hall–Kier alpha value is -2.62. The molecular weight excluding hydrogens is 286 g/mol. The van der Waals surface area contributed by atoms with Crippen LogP contribution >= 0.6 is 0 Å². The fourth-order valence-electron chi connectivity index (χ4n) is 3.06. The zero-order valence-electron chi connectivity index (χ0n) is 12.9. The lowest BCUT2D eigenvalue weighted by Crippen LogP contribution is -2.21. The van der Waals surface area contributed by atoms with Crippen LogP contribution in [-0.4, -0.2) is 16.5 Å². The highest BCUT2D eigenvalue weighted by atomic mass is 16.1. The van der Waals surface area contributed by atoms with Crippen LogP contribution in [0.1, 0.15) is 18.4 Å². The molecule has 4 rings (SSSR count). The van der Waals surface area contributed by atoms with Gasteiger partial charge in [0.2, 0.25) is 5.95 Å². The summed E-state index contributed by atoms with van der Waals surface area (Å²) in [5, 5.41) is 3.96. The van der Waals surface area contributed by atoms with Crippen LogP contribution in [0.3, 0.4) is 0 Å². The molecule has 116 valence electrons. The molecule has 0 spiro atoms. The average molecular weight is 305 g/mol. The highest BCUT2D eigenvalue weighted by Gasteiger charge is 2.42. The molecule has 1 aromatic heterocycles. The molecule has 1 saturated carbocycles. The van der Waals surface area contributed by atoms with Crippen LogP contribution in [0.2, 0.25) is 0 Å². The molecule has 2 N–H and O–H groups in total. The maximum atomic E-state index is 12.1. The van der Waals surface area contributed by atoms with Crippen LogP contribution in [0.4, 0.5) is 5.95 Å². The first-order valence-corrected chi connectivity index (χ1v) is 8.01. The van der Waals surface area contributed by atoms with Gasteiger partial charge < -0.3 is 5.32 Å². The second-order valence-corrected chi connectivity index (χ2v) is 6.45. The summed E-state index contributed by atoms with van der Waals surface area (Å²) in [4.78, 5) is 19.4. The molecule has 1 aliphatic carbocycles. The summed E-state index contributed by atoms with van der Waals surface area (Å²) in [6.45, 7) is 0.836. The zero-order valence-corrected chi connectivity index (χ0v) is 12.9. The van der Waals surface area contributed by atoms with Gasteiger partial charge in [-0.15, -0.1) is 0 Å². The number of nitrogens with one attached hydrogen (secondary N) is 2. The van der Waals surface area contributed by atoms with E-state index in [1.165, 1.54) is 18.4 Å². The quantitative estimate of drug-likeness (QED) is 0.760. The van der Waals surface area contributed by atoms with Gasteiger partial charge in [-0.3, -0.25) is 9.78 Å². The zero-order chi connectivity index (χ0) is 15.7. The fraction of sp³-hybridized carbons (Fsp3) is 0.263. The average Bonchev–Trinajstić information content (AvgIpc) is 3.34. The Kier molecular flexibility index (Phi) is 3.37. The molecule has 23 heavy (non-hydrogen) atoms. The first-order chi connectivity index (χ1) is 11.2. The Morgan fingerprint density at radius 3 is 2.57 bits per heavy atom. The lowest BCUT2D eigenvalue weighted by Gasteiger charge is -2.16. The Bertz CT molecular complexity index is 882. The summed E-state index contributed by atoms with van der Waals surface area (Å²) in [7, 11) is 0. The van der Waals surface area contributed by atoms with E-state index in [0.29, 0.717) is 16.7 Å². The smallest absolute Gasteiger partial charge is 0.260 e. The third-order valence-electron chi connectivity index (χ3n) is 4.62. The summed E-state index contributed by atoms with van der Waals surface area (Å²) in [6.07, 6.45) is 3.50. The van der Waals surface area contributed by atoms with E-state index in [2.05, 4.69) is 39.6 Å². The first-order valence-electron chi connectivity index (χ1n) is 8.01. The summed E-state index contributed by atoms with van der Waals surface area (Å²) in [6, 6.07) is 18.0. The van der Waals surface area contributed by atoms with E-state index in [9.17, 15) is 4.79 Å². The molecule has 0 amide bonds. The minimum atomic E-state index is -0.0917. The maximum absolute atomic E-state index is 12.1. The van der Waals surface area contributed by atoms with E-state index in [1.54, 1.807) is 6.07 Å². The van der Waals surface area contributed by atoms with Crippen LogP contribution in [0.15, 0.2) is 59.4 Å². The maximum Gasteiger partial charge on any atom is 0.260 e. The number of aromatic amines is 1. The van der Waals surface area contributed by atoms with Gasteiger partial charge in [-0.25, -0.2) is 4.98 Å². The number of aromatic nitrogens is 2. The van der Waals surface area contributed by atoms with Crippen molar-refractivity contribution in [1.29, 1.82) is 0 Å². The SMILES string of the molecule is O=c1[nH]c(NCC2(Cc3ccccc3)CC2)nc2ccccc12. The van der Waals surface area contributed by atoms with Gasteiger partial charge in [0.1, 0.15) is 0 Å². The van der Waals surface area contributed by atoms with Gasteiger partial charge in [0.05, 0.1) is 10.9 Å². The van der Waals surface area contributed by atoms with Crippen molar-refractivity contribution in [3.63, 3.8) is 0 Å². The molecule has 1 fully saturated rings. The standard InChI is InChI=1S/C19H19N3O/c23-17-15-8-4-5-9-16(15)21-18(22-17)20-13-19(10-11-19)12-14-6-2-1-3-7-14/h1-9H,10-13H2,(H2,20,21,22,23). The topological polar surface area (TPSA) is 57.8 Å². The molecule has 0 radical (unpaired) electrons. The molecular formula is C19H19N3O. The molecule has 0 atom stereocenters. The third kappa shape index (κ3) is 2.97. The fourth-order valence-corrected chi connectivity index (χ4v) is 3.06. The largest absolute Gasteiger partial charge is 0.355 e. The van der Waals surface area contributed by atoms with Gasteiger partial charge in [0, 0.05) is 6.54 Å². The minimum absolute atomic E-state index is 0.0917. The minimum Gasteiger partial charge on any atom is -0.355 e. The number of rotatable bonds is 5. The highest BCUT2D eigenvalue weighted by Crippen LogP contribution is 2.48. The lowest BCUT2D eigenvalue weighted by atomic mass is 9.96. The van der Waals surface area contributed by atoms with Crippen molar-refractivity contribution in [1.82, 2.24) is 9.97 Å². The Labute approximate surface area is 134 Å². The van der Waals surface area contributed by atoms with E-state index >= 15 is 0 Å². The van der Waals surface area contributed by atoms with Crippen molar-refractivity contribution in [2.24, 2.45) is 5.41 Å². The third-order valence-corrected chi connectivity index (χ3v) is 4.62. The predicted molar refractivity (Wildman–Crippen MR) is 92.7 cm³/mol. The van der Waals surface area contributed by atoms with Crippen molar-refractivity contribution in [2.75, 3.05) is 11.9 Å². The monoisotopic (exact) mass is 305 g/mol. The second kappa shape index (κ2) is 5.54. The van der Waals surface area contributed by atoms with Crippen LogP contribution in [-0.2, 0) is 6.42 Å². The second-order valence-electron chi connectivity index (χ2n) is 6.45. The van der Waals surface area contributed by atoms with Gasteiger partial charge in [-0.1, -0.05) is 42.5 Å². The predicted octanol–water partition coefficient (Wildman–Crippen LogP) is 3.36. The molecule has 4 nitrogen and oxygen atoms in total. The van der Waals surface area contributed by atoms with Crippen LogP contribution in [0.25, 0.3) is 10.9 Å². The van der Waals surface area contributed by atoms with Crippen molar-refractivity contribution < 1.29 is 0 Å². The Morgan fingerprint density at radius 2 is 1.78 bits per heavy atom. The molecule has 0 aliphatic heterocycles. The van der Waals surface area contributed by atoms with Crippen LogP contribution in [0, 0.1) is 5.41 Å². The van der Waals surface area contributed by atoms with Gasteiger partial charge >= 0.3 is 0 Å². The summed E-state index contributed by atoms with van der Waals surface area (Å²) < 4.78 is 0. The van der Waals surface area contributed by atoms with E-state index in [-0.39, 0.29) is 5.56 Å². The number of para-hydroxylation sites is 1. The van der Waals surface area contributed by atoms with Crippen molar-refractivity contribution in [2.45, 2.75) is 19.3 Å². The summed E-state index contributed by atoms with van der Waals surface area (Å²) in [5.41, 5.74) is 2.30. The number of hydrogen-bond donors (Lipinski definition) is 2. The number of H-pyrrole nitrogens is 1. The number of hydrogen-bond acceptors (Lipinski definition) is 3. The molecule has 1 heterocycles. The highest BCUT2D eigenvalue weighted by molar-refractivity contribution is 5.78. The molecule has 4 heteroatoms. The van der Waals surface area contributed by atoms with E-state index < -0.39 is 0 Å². The van der Waals surface area contributed by atoms with E-state index in [4.69, 9.17) is 0 Å². The number of fused-ring (bicyclic) bond motifs is 1. The molecule has 0 saturated heterocycles. The lowest BCUT2D eigenvalue weighted by molar-refractivity contribution is 0.537. The number of anilines is 1. The number of nitrogens with zero attached hydrogens (tertiary/aromatic N) is 1. The molecule has 0 unspecified atom stereocenters. The first kappa shape index (κ1) is 14.0. The Morgan fingerprint density at radius 1 is 1.04 bits per heavy atom. The van der Waals surface area contributed by atoms with Crippen LogP contribution in [0.5, 0.6) is 0 Å². The molecule has 0 bridgehead atoms. The summed E-state index contributed by atoms with van der Waals surface area (Å²) >= 11 is 0. The van der Waals surface area contributed by atoms with E-state index in [1.807, 2.05) is 24.3 Å². The van der Waals surface area contributed by atoms with Crippen molar-refractivity contribution in [3.8, 4) is 0 Å². The molecule has 2 aromatic carbocycles. The van der Waals surface area contributed by atoms with Crippen molar-refractivity contribution >= 4 is 16.9 Å². The normalized spacial score (nSPS) is 15.5. The molecule has 1 aliphatic rings. The van der Waals surface area contributed by atoms with Crippen molar-refractivity contribution in [3.05, 3.63) is 70.5 Å². The van der Waals surface area contributed by atoms with Gasteiger partial charge in [0.25, 0.3) is 5.56 Å².